The third-order valence-electron chi connectivity index (χ3n) is 4.92. The summed E-state index contributed by atoms with van der Waals surface area (Å²) in [6.07, 6.45) is 1.75. The molecule has 140 valence electrons. The van der Waals surface area contributed by atoms with Gasteiger partial charge in [-0.15, -0.1) is 0 Å². The Balaban J connectivity index is 1.51. The number of nitrogens with one attached hydrogen (secondary N) is 1. The molecule has 2 N–H and O–H groups in total. The molecule has 1 saturated heterocycles. The van der Waals surface area contributed by atoms with E-state index in [-0.39, 0.29) is 6.10 Å². The first-order chi connectivity index (χ1) is 13.2. The van der Waals surface area contributed by atoms with Crippen molar-refractivity contribution in [3.63, 3.8) is 0 Å². The van der Waals surface area contributed by atoms with Gasteiger partial charge in [-0.3, -0.25) is 10.00 Å². The largest absolute Gasteiger partial charge is 0.497 e. The second kappa shape index (κ2) is 7.90. The zero-order valence-electron chi connectivity index (χ0n) is 15.4. The van der Waals surface area contributed by atoms with Crippen molar-refractivity contribution in [1.82, 2.24) is 20.1 Å². The first-order valence-electron chi connectivity index (χ1n) is 9.28. The van der Waals surface area contributed by atoms with Crippen LogP contribution in [0.1, 0.15) is 18.4 Å². The average molecular weight is 364 g/mol. The zero-order valence-corrected chi connectivity index (χ0v) is 15.4. The molecule has 0 radical (unpaired) electrons. The van der Waals surface area contributed by atoms with Crippen LogP contribution in [0.4, 0.5) is 0 Å². The van der Waals surface area contributed by atoms with Crippen molar-refractivity contribution in [3.8, 4) is 28.5 Å². The number of methoxy groups -OCH3 is 1. The Bertz CT molecular complexity index is 891. The van der Waals surface area contributed by atoms with Crippen molar-refractivity contribution >= 4 is 0 Å². The number of hydrogen-bond acceptors (Lipinski definition) is 5. The van der Waals surface area contributed by atoms with Crippen LogP contribution in [0.5, 0.6) is 5.75 Å². The van der Waals surface area contributed by atoms with E-state index in [1.165, 1.54) is 5.56 Å². The molecule has 1 aromatic heterocycles. The van der Waals surface area contributed by atoms with Crippen LogP contribution in [-0.2, 0) is 6.54 Å². The number of β-amino-alcohol motifs (C(OH)–C–C–N with tert-alkyl or cyclic N) is 1. The minimum Gasteiger partial charge on any atom is -0.497 e. The van der Waals surface area contributed by atoms with Gasteiger partial charge >= 0.3 is 0 Å². The third-order valence-corrected chi connectivity index (χ3v) is 4.92. The number of piperidine rings is 1. The Labute approximate surface area is 158 Å². The number of H-pyrrole nitrogens is 1. The van der Waals surface area contributed by atoms with Gasteiger partial charge in [0.25, 0.3) is 0 Å². The van der Waals surface area contributed by atoms with Crippen LogP contribution in [0, 0.1) is 0 Å². The molecule has 0 unspecified atom stereocenters. The Morgan fingerprint density at radius 3 is 2.81 bits per heavy atom. The lowest BCUT2D eigenvalue weighted by Crippen LogP contribution is -2.37. The maximum atomic E-state index is 9.86. The average Bonchev–Trinajstić information content (AvgIpc) is 3.19. The van der Waals surface area contributed by atoms with Crippen LogP contribution in [0.25, 0.3) is 22.8 Å². The summed E-state index contributed by atoms with van der Waals surface area (Å²) in [6, 6.07) is 16.0. The molecule has 1 aliphatic heterocycles. The number of aliphatic hydroxyl groups is 1. The van der Waals surface area contributed by atoms with Crippen molar-refractivity contribution in [2.24, 2.45) is 0 Å². The molecule has 6 nitrogen and oxygen atoms in total. The molecule has 6 heteroatoms. The Kier molecular flexibility index (Phi) is 5.18. The first-order valence-corrected chi connectivity index (χ1v) is 9.28. The molecule has 1 aliphatic rings. The van der Waals surface area contributed by atoms with Gasteiger partial charge in [-0.05, 0) is 55.3 Å². The molecule has 0 aliphatic carbocycles. The van der Waals surface area contributed by atoms with Crippen LogP contribution in [-0.4, -0.2) is 51.5 Å². The highest BCUT2D eigenvalue weighted by Crippen LogP contribution is 2.23. The van der Waals surface area contributed by atoms with Gasteiger partial charge in [0.05, 0.1) is 13.2 Å². The molecule has 1 atom stereocenters. The van der Waals surface area contributed by atoms with Crippen LogP contribution in [0.3, 0.4) is 0 Å². The number of hydrogen-bond donors (Lipinski definition) is 2. The van der Waals surface area contributed by atoms with Crippen molar-refractivity contribution in [1.29, 1.82) is 0 Å². The lowest BCUT2D eigenvalue weighted by molar-refractivity contribution is 0.0668. The van der Waals surface area contributed by atoms with E-state index in [9.17, 15) is 5.11 Å². The third kappa shape index (κ3) is 4.18. The Morgan fingerprint density at radius 1 is 1.19 bits per heavy atom. The fourth-order valence-corrected chi connectivity index (χ4v) is 3.51. The minimum atomic E-state index is -0.206. The van der Waals surface area contributed by atoms with E-state index in [0.717, 1.165) is 55.2 Å². The van der Waals surface area contributed by atoms with E-state index in [1.54, 1.807) is 7.11 Å². The van der Waals surface area contributed by atoms with E-state index in [2.05, 4.69) is 32.2 Å². The quantitative estimate of drug-likeness (QED) is 0.728. The van der Waals surface area contributed by atoms with Crippen LogP contribution in [0.2, 0.25) is 0 Å². The number of benzene rings is 2. The van der Waals surface area contributed by atoms with E-state index >= 15 is 0 Å². The maximum absolute atomic E-state index is 9.86. The van der Waals surface area contributed by atoms with Crippen LogP contribution < -0.4 is 4.74 Å². The van der Waals surface area contributed by atoms with Gasteiger partial charge in [0.1, 0.15) is 5.75 Å². The number of aromatic nitrogens is 3. The fraction of sp³-hybridized carbons (Fsp3) is 0.333. The number of ether oxygens (including phenoxy) is 1. The highest BCUT2D eigenvalue weighted by Gasteiger charge is 2.18. The maximum Gasteiger partial charge on any atom is 0.181 e. The van der Waals surface area contributed by atoms with Crippen molar-refractivity contribution in [3.05, 3.63) is 54.1 Å². The van der Waals surface area contributed by atoms with Gasteiger partial charge in [0.2, 0.25) is 0 Å². The summed E-state index contributed by atoms with van der Waals surface area (Å²) in [5.74, 6) is 2.23. The standard InChI is InChI=1S/C21H24N4O2/c1-27-19-9-7-16(8-10-19)20-22-21(24-23-20)17-5-2-4-15(12-17)13-25-11-3-6-18(26)14-25/h2,4-5,7-10,12,18,26H,3,6,11,13-14H2,1H3,(H,22,23,24)/t18-/m0/s1. The first kappa shape index (κ1) is 17.7. The molecule has 4 rings (SSSR count). The van der Waals surface area contributed by atoms with E-state index in [1.807, 2.05) is 36.4 Å². The van der Waals surface area contributed by atoms with Crippen LogP contribution >= 0.6 is 0 Å². The highest BCUT2D eigenvalue weighted by molar-refractivity contribution is 5.62. The molecule has 27 heavy (non-hydrogen) atoms. The summed E-state index contributed by atoms with van der Waals surface area (Å²) < 4.78 is 5.20. The molecule has 2 heterocycles. The second-order valence-electron chi connectivity index (χ2n) is 6.97. The summed E-state index contributed by atoms with van der Waals surface area (Å²) in [7, 11) is 1.65. The van der Waals surface area contributed by atoms with Gasteiger partial charge in [0, 0.05) is 24.2 Å². The van der Waals surface area contributed by atoms with Gasteiger partial charge in [-0.25, -0.2) is 4.98 Å². The fourth-order valence-electron chi connectivity index (χ4n) is 3.51. The Hall–Kier alpha value is -2.70. The van der Waals surface area contributed by atoms with Gasteiger partial charge in [-0.2, -0.15) is 5.10 Å². The molecule has 0 saturated carbocycles. The molecule has 1 fully saturated rings. The van der Waals surface area contributed by atoms with E-state index < -0.39 is 0 Å². The molecule has 0 spiro atoms. The predicted molar refractivity (Wildman–Crippen MR) is 104 cm³/mol. The summed E-state index contributed by atoms with van der Waals surface area (Å²) >= 11 is 0. The van der Waals surface area contributed by atoms with Gasteiger partial charge in [0.15, 0.2) is 11.6 Å². The zero-order chi connectivity index (χ0) is 18.6. The van der Waals surface area contributed by atoms with E-state index in [0.29, 0.717) is 5.82 Å². The molecular weight excluding hydrogens is 340 g/mol. The minimum absolute atomic E-state index is 0.206. The van der Waals surface area contributed by atoms with Gasteiger partial charge in [-0.1, -0.05) is 18.2 Å². The number of rotatable bonds is 5. The lowest BCUT2D eigenvalue weighted by Gasteiger charge is -2.30. The van der Waals surface area contributed by atoms with Crippen molar-refractivity contribution in [2.75, 3.05) is 20.2 Å². The molecule has 0 amide bonds. The van der Waals surface area contributed by atoms with Crippen molar-refractivity contribution in [2.45, 2.75) is 25.5 Å². The van der Waals surface area contributed by atoms with E-state index in [4.69, 9.17) is 4.74 Å². The number of nitrogens with zero attached hydrogens (tertiary/aromatic N) is 3. The number of likely N-dealkylation sites (tertiary alicyclic amines) is 1. The Morgan fingerprint density at radius 2 is 2.04 bits per heavy atom. The summed E-state index contributed by atoms with van der Waals surface area (Å²) in [5, 5.41) is 17.3. The predicted octanol–water partition coefficient (Wildman–Crippen LogP) is 3.10. The molecule has 3 aromatic rings. The van der Waals surface area contributed by atoms with Crippen molar-refractivity contribution < 1.29 is 9.84 Å². The lowest BCUT2D eigenvalue weighted by atomic mass is 10.1. The topological polar surface area (TPSA) is 74.3 Å². The van der Waals surface area contributed by atoms with Crippen LogP contribution in [0.15, 0.2) is 48.5 Å². The summed E-state index contributed by atoms with van der Waals surface area (Å²) in [6.45, 7) is 2.61. The number of aliphatic hydroxyl groups excluding tert-OH is 1. The number of aromatic amines is 1. The van der Waals surface area contributed by atoms with Gasteiger partial charge < -0.3 is 9.84 Å². The molecule has 2 aromatic carbocycles. The SMILES string of the molecule is COc1ccc(-c2nc(-c3cccc(CN4CCC[C@H](O)C4)c3)n[nH]2)cc1. The normalized spacial score (nSPS) is 17.8. The summed E-state index contributed by atoms with van der Waals surface area (Å²) in [4.78, 5) is 6.94. The second-order valence-corrected chi connectivity index (χ2v) is 6.97. The summed E-state index contributed by atoms with van der Waals surface area (Å²) in [5.41, 5.74) is 3.16. The molecule has 0 bridgehead atoms. The highest BCUT2D eigenvalue weighted by atomic mass is 16.5. The smallest absolute Gasteiger partial charge is 0.181 e. The monoisotopic (exact) mass is 364 g/mol. The molecular formula is C21H24N4O2.